The highest BCUT2D eigenvalue weighted by Crippen LogP contribution is 2.30. The van der Waals surface area contributed by atoms with E-state index in [1.165, 1.54) is 24.0 Å². The summed E-state index contributed by atoms with van der Waals surface area (Å²) in [6.45, 7) is 2.52. The first-order valence-electron chi connectivity index (χ1n) is 8.05. The topological polar surface area (TPSA) is 59.5 Å². The second-order valence-electron chi connectivity index (χ2n) is 5.83. The molecule has 0 aliphatic heterocycles. The van der Waals surface area contributed by atoms with Gasteiger partial charge >= 0.3 is 5.97 Å². The number of thiazole rings is 1. The Morgan fingerprint density at radius 2 is 2.00 bits per heavy atom. The lowest BCUT2D eigenvalue weighted by Crippen LogP contribution is -2.32. The molecule has 0 bridgehead atoms. The summed E-state index contributed by atoms with van der Waals surface area (Å²) in [5, 5.41) is 2.42. The number of aromatic nitrogens is 1. The molecule has 1 heterocycles. The van der Waals surface area contributed by atoms with Gasteiger partial charge in [-0.15, -0.1) is 11.3 Å². The highest BCUT2D eigenvalue weighted by atomic mass is 32.1. The maximum Gasteiger partial charge on any atom is 0.357 e. The molecule has 1 amide bonds. The first-order valence-corrected chi connectivity index (χ1v) is 8.93. The molecule has 24 heavy (non-hydrogen) atoms. The first-order chi connectivity index (χ1) is 11.6. The third-order valence-electron chi connectivity index (χ3n) is 4.11. The number of ether oxygens (including phenoxy) is 1. The summed E-state index contributed by atoms with van der Waals surface area (Å²) in [6, 6.07) is 8.04. The second-order valence-corrected chi connectivity index (χ2v) is 6.78. The number of nitrogens with zero attached hydrogens (tertiary/aromatic N) is 2. The summed E-state index contributed by atoms with van der Waals surface area (Å²) in [6.07, 6.45) is 3.00. The van der Waals surface area contributed by atoms with E-state index >= 15 is 0 Å². The number of amides is 1. The molecule has 126 valence electrons. The number of rotatable bonds is 6. The van der Waals surface area contributed by atoms with Crippen molar-refractivity contribution in [1.82, 2.24) is 9.88 Å². The van der Waals surface area contributed by atoms with E-state index in [1.54, 1.807) is 5.38 Å². The van der Waals surface area contributed by atoms with Gasteiger partial charge in [0.2, 0.25) is 0 Å². The fourth-order valence-electron chi connectivity index (χ4n) is 2.53. The summed E-state index contributed by atoms with van der Waals surface area (Å²) in [7, 11) is 1.33. The minimum absolute atomic E-state index is 0.0231. The predicted molar refractivity (Wildman–Crippen MR) is 92.2 cm³/mol. The van der Waals surface area contributed by atoms with Gasteiger partial charge in [0.1, 0.15) is 5.01 Å². The Labute approximate surface area is 145 Å². The second kappa shape index (κ2) is 7.13. The van der Waals surface area contributed by atoms with Crippen molar-refractivity contribution in [1.29, 1.82) is 0 Å². The van der Waals surface area contributed by atoms with Crippen LogP contribution in [0.4, 0.5) is 0 Å². The molecule has 1 aromatic carbocycles. The average Bonchev–Trinajstić information content (AvgIpc) is 3.36. The zero-order valence-corrected chi connectivity index (χ0v) is 14.6. The first kappa shape index (κ1) is 16.6. The number of aryl methyl sites for hydroxylation is 1. The highest BCUT2D eigenvalue weighted by Gasteiger charge is 2.33. The van der Waals surface area contributed by atoms with Crippen molar-refractivity contribution in [3.8, 4) is 0 Å². The number of hydrogen-bond donors (Lipinski definition) is 0. The van der Waals surface area contributed by atoms with Gasteiger partial charge in [-0.2, -0.15) is 0 Å². The number of hydrogen-bond acceptors (Lipinski definition) is 5. The molecule has 6 heteroatoms. The number of benzene rings is 1. The van der Waals surface area contributed by atoms with Gasteiger partial charge in [-0.25, -0.2) is 9.78 Å². The van der Waals surface area contributed by atoms with Gasteiger partial charge in [0.05, 0.1) is 13.7 Å². The molecule has 5 nitrogen and oxygen atoms in total. The fourth-order valence-corrected chi connectivity index (χ4v) is 3.29. The van der Waals surface area contributed by atoms with Gasteiger partial charge in [-0.3, -0.25) is 4.79 Å². The maximum absolute atomic E-state index is 12.8. The van der Waals surface area contributed by atoms with E-state index in [1.807, 2.05) is 29.2 Å². The largest absolute Gasteiger partial charge is 0.464 e. The zero-order chi connectivity index (χ0) is 17.1. The van der Waals surface area contributed by atoms with Crippen LogP contribution in [0.15, 0.2) is 29.6 Å². The molecule has 2 aromatic rings. The maximum atomic E-state index is 12.8. The van der Waals surface area contributed by atoms with Crippen LogP contribution in [0, 0.1) is 0 Å². The molecule has 1 aliphatic rings. The van der Waals surface area contributed by atoms with Crippen molar-refractivity contribution in [2.24, 2.45) is 0 Å². The minimum atomic E-state index is -0.447. The van der Waals surface area contributed by atoms with Gasteiger partial charge in [0.25, 0.3) is 5.91 Å². The van der Waals surface area contributed by atoms with Crippen molar-refractivity contribution in [2.75, 3.05) is 7.11 Å². The fraction of sp³-hybridized carbons (Fsp3) is 0.389. The molecule has 0 unspecified atom stereocenters. The standard InChI is InChI=1S/C18H20N2O3S/c1-3-12-4-6-13(7-5-12)17(21)20(14-8-9-14)10-16-19-15(11-24-16)18(22)23-2/h4-7,11,14H,3,8-10H2,1-2H3. The van der Waals surface area contributed by atoms with Gasteiger partial charge in [0, 0.05) is 17.0 Å². The number of carbonyl (C=O) groups excluding carboxylic acids is 2. The number of methoxy groups -OCH3 is 1. The predicted octanol–water partition coefficient (Wildman–Crippen LogP) is 3.30. The van der Waals surface area contributed by atoms with E-state index in [9.17, 15) is 9.59 Å². The van der Waals surface area contributed by atoms with E-state index in [-0.39, 0.29) is 11.9 Å². The van der Waals surface area contributed by atoms with Gasteiger partial charge in [0.15, 0.2) is 5.69 Å². The third kappa shape index (κ3) is 3.64. The molecular formula is C18H20N2O3S. The van der Waals surface area contributed by atoms with Gasteiger partial charge < -0.3 is 9.64 Å². The van der Waals surface area contributed by atoms with Crippen LogP contribution in [-0.4, -0.2) is 34.9 Å². The molecule has 0 N–H and O–H groups in total. The van der Waals surface area contributed by atoms with Crippen molar-refractivity contribution >= 4 is 23.2 Å². The van der Waals surface area contributed by atoms with Crippen molar-refractivity contribution in [2.45, 2.75) is 38.8 Å². The lowest BCUT2D eigenvalue weighted by molar-refractivity contribution is 0.0594. The lowest BCUT2D eigenvalue weighted by atomic mass is 10.1. The molecule has 0 atom stereocenters. The van der Waals surface area contributed by atoms with Crippen LogP contribution in [0.5, 0.6) is 0 Å². The van der Waals surface area contributed by atoms with Crippen LogP contribution in [0.25, 0.3) is 0 Å². The van der Waals surface area contributed by atoms with Crippen LogP contribution < -0.4 is 0 Å². The van der Waals surface area contributed by atoms with Crippen molar-refractivity contribution < 1.29 is 14.3 Å². The third-order valence-corrected chi connectivity index (χ3v) is 4.94. The average molecular weight is 344 g/mol. The normalized spacial score (nSPS) is 13.6. The summed E-state index contributed by atoms with van der Waals surface area (Å²) in [5.41, 5.74) is 2.21. The molecule has 1 saturated carbocycles. The summed E-state index contributed by atoms with van der Waals surface area (Å²) in [5.74, 6) is -0.424. The van der Waals surface area contributed by atoms with Crippen molar-refractivity contribution in [3.63, 3.8) is 0 Å². The Hall–Kier alpha value is -2.21. The smallest absolute Gasteiger partial charge is 0.357 e. The monoisotopic (exact) mass is 344 g/mol. The Morgan fingerprint density at radius 3 is 2.58 bits per heavy atom. The molecular weight excluding hydrogens is 324 g/mol. The Morgan fingerprint density at radius 1 is 1.29 bits per heavy atom. The zero-order valence-electron chi connectivity index (χ0n) is 13.8. The van der Waals surface area contributed by atoms with E-state index in [0.29, 0.717) is 17.8 Å². The molecule has 0 saturated heterocycles. The summed E-state index contributed by atoms with van der Waals surface area (Å²) >= 11 is 1.38. The Kier molecular flexibility index (Phi) is 4.94. The van der Waals surface area contributed by atoms with Crippen LogP contribution in [-0.2, 0) is 17.7 Å². The van der Waals surface area contributed by atoms with E-state index < -0.39 is 5.97 Å². The van der Waals surface area contributed by atoms with Crippen LogP contribution in [0.3, 0.4) is 0 Å². The summed E-state index contributed by atoms with van der Waals surface area (Å²) in [4.78, 5) is 30.5. The van der Waals surface area contributed by atoms with Crippen LogP contribution in [0.1, 0.15) is 51.2 Å². The number of carbonyl (C=O) groups is 2. The number of esters is 1. The Bertz CT molecular complexity index is 735. The molecule has 1 aromatic heterocycles. The highest BCUT2D eigenvalue weighted by molar-refractivity contribution is 7.09. The quantitative estimate of drug-likeness (QED) is 0.755. The molecule has 0 spiro atoms. The molecule has 3 rings (SSSR count). The minimum Gasteiger partial charge on any atom is -0.464 e. The van der Waals surface area contributed by atoms with Gasteiger partial charge in [-0.05, 0) is 37.0 Å². The molecule has 1 aliphatic carbocycles. The van der Waals surface area contributed by atoms with Crippen LogP contribution in [0.2, 0.25) is 0 Å². The lowest BCUT2D eigenvalue weighted by Gasteiger charge is -2.21. The molecule has 0 radical (unpaired) electrons. The SMILES string of the molecule is CCc1ccc(C(=O)N(Cc2nc(C(=O)OC)cs2)C2CC2)cc1. The van der Waals surface area contributed by atoms with Crippen molar-refractivity contribution in [3.05, 3.63) is 51.5 Å². The van der Waals surface area contributed by atoms with Crippen LogP contribution >= 0.6 is 11.3 Å². The Balaban J connectivity index is 1.75. The van der Waals surface area contributed by atoms with Gasteiger partial charge in [-0.1, -0.05) is 19.1 Å². The van der Waals surface area contributed by atoms with E-state index in [0.717, 1.165) is 24.3 Å². The van der Waals surface area contributed by atoms with E-state index in [4.69, 9.17) is 0 Å². The summed E-state index contributed by atoms with van der Waals surface area (Å²) < 4.78 is 4.68. The molecule has 1 fully saturated rings. The van der Waals surface area contributed by atoms with E-state index in [2.05, 4.69) is 16.6 Å².